The van der Waals surface area contributed by atoms with Gasteiger partial charge in [-0.1, -0.05) is 12.1 Å². The number of pyridine rings is 2. The van der Waals surface area contributed by atoms with Crippen LogP contribution in [0.15, 0.2) is 85.5 Å². The molecule has 3 heterocycles. The van der Waals surface area contributed by atoms with Crippen LogP contribution in [0.25, 0.3) is 11.1 Å². The van der Waals surface area contributed by atoms with Crippen LogP contribution in [0.3, 0.4) is 0 Å². The van der Waals surface area contributed by atoms with Crippen molar-refractivity contribution in [3.63, 3.8) is 0 Å². The minimum atomic E-state index is -0.00878. The predicted molar refractivity (Wildman–Crippen MR) is 174 cm³/mol. The van der Waals surface area contributed by atoms with E-state index >= 15 is 0 Å². The minimum absolute atomic E-state index is 0.00878. The normalized spacial score (nSPS) is 14.7. The molecule has 0 bridgehead atoms. The number of amides is 1. The molecular weight excluding hydrogens is 534 g/mol. The molecule has 43 heavy (non-hydrogen) atoms. The lowest BCUT2D eigenvalue weighted by molar-refractivity contribution is 0.0944. The summed E-state index contributed by atoms with van der Waals surface area (Å²) in [5.74, 6) is 0.861. The van der Waals surface area contributed by atoms with Crippen molar-refractivity contribution in [3.05, 3.63) is 108 Å². The lowest BCUT2D eigenvalue weighted by Gasteiger charge is -2.42. The number of anilines is 1. The van der Waals surface area contributed by atoms with Crippen LogP contribution in [0.5, 0.6) is 5.75 Å². The summed E-state index contributed by atoms with van der Waals surface area (Å²) in [5.41, 5.74) is 7.63. The molecule has 2 aromatic heterocycles. The molecule has 1 aliphatic heterocycles. The number of hydrogen-bond donors (Lipinski definition) is 1. The largest absolute Gasteiger partial charge is 0.497 e. The molecule has 1 saturated heterocycles. The summed E-state index contributed by atoms with van der Waals surface area (Å²) in [4.78, 5) is 26.6. The van der Waals surface area contributed by atoms with Crippen LogP contribution >= 0.6 is 0 Å². The van der Waals surface area contributed by atoms with Crippen molar-refractivity contribution in [1.29, 1.82) is 0 Å². The van der Waals surface area contributed by atoms with Gasteiger partial charge in [0.2, 0.25) is 0 Å². The van der Waals surface area contributed by atoms with E-state index in [1.165, 1.54) is 16.8 Å². The lowest BCUT2D eigenvalue weighted by Crippen LogP contribution is -2.48. The molecule has 0 radical (unpaired) electrons. The molecule has 2 aromatic carbocycles. The summed E-state index contributed by atoms with van der Waals surface area (Å²) in [7, 11) is 1.71. The smallest absolute Gasteiger partial charge is 0.251 e. The Labute approximate surface area is 255 Å². The Hall–Kier alpha value is -4.23. The number of nitrogens with one attached hydrogen (secondary N) is 1. The third kappa shape index (κ3) is 7.59. The highest BCUT2D eigenvalue weighted by atomic mass is 16.5. The summed E-state index contributed by atoms with van der Waals surface area (Å²) in [6.45, 7) is 10.00. The summed E-state index contributed by atoms with van der Waals surface area (Å²) in [5, 5.41) is 3.16. The Morgan fingerprint density at radius 2 is 1.67 bits per heavy atom. The van der Waals surface area contributed by atoms with Crippen molar-refractivity contribution >= 4 is 11.6 Å². The SMILES string of the molecule is COc1ccc(N(Cc2cnccc2C)C2CCN(C(C)CCNC(=O)c3ccc(-c4ccncc4)cc3C)CC2)cc1. The van der Waals surface area contributed by atoms with Gasteiger partial charge in [-0.15, -0.1) is 0 Å². The van der Waals surface area contributed by atoms with Gasteiger partial charge >= 0.3 is 0 Å². The van der Waals surface area contributed by atoms with Crippen LogP contribution in [-0.4, -0.2) is 59.6 Å². The average Bonchev–Trinajstić information content (AvgIpc) is 3.05. The van der Waals surface area contributed by atoms with Crippen LogP contribution < -0.4 is 15.0 Å². The van der Waals surface area contributed by atoms with Crippen LogP contribution in [0.1, 0.15) is 53.2 Å². The van der Waals surface area contributed by atoms with E-state index in [-0.39, 0.29) is 5.91 Å². The van der Waals surface area contributed by atoms with E-state index in [0.29, 0.717) is 18.6 Å². The van der Waals surface area contributed by atoms with E-state index in [1.807, 2.05) is 55.7 Å². The summed E-state index contributed by atoms with van der Waals surface area (Å²) < 4.78 is 5.41. The highest BCUT2D eigenvalue weighted by Crippen LogP contribution is 2.29. The molecular formula is C36H43N5O2. The standard InChI is InChI=1S/C36H43N5O2/c1-26-11-17-38-24-31(26)25-41(32-6-8-34(43-4)9-7-32)33-15-21-40(22-16-33)28(3)12-20-39-36(42)35-10-5-30(23-27(35)2)29-13-18-37-19-14-29/h5-11,13-14,17-19,23-24,28,33H,12,15-16,20-22,25H2,1-4H3,(H,39,42). The predicted octanol–water partition coefficient (Wildman–Crippen LogP) is 6.45. The average molecular weight is 578 g/mol. The molecule has 1 atom stereocenters. The molecule has 0 saturated carbocycles. The third-order valence-corrected chi connectivity index (χ3v) is 8.79. The Morgan fingerprint density at radius 3 is 2.35 bits per heavy atom. The zero-order chi connectivity index (χ0) is 30.2. The fourth-order valence-electron chi connectivity index (χ4n) is 6.00. The van der Waals surface area contributed by atoms with Gasteiger partial charge < -0.3 is 19.9 Å². The molecule has 7 nitrogen and oxygen atoms in total. The number of piperidine rings is 1. The molecule has 1 unspecified atom stereocenters. The highest BCUT2D eigenvalue weighted by Gasteiger charge is 2.27. The first-order chi connectivity index (χ1) is 20.9. The van der Waals surface area contributed by atoms with Crippen LogP contribution in [0.4, 0.5) is 5.69 Å². The van der Waals surface area contributed by atoms with Gasteiger partial charge in [0.1, 0.15) is 5.75 Å². The maximum absolute atomic E-state index is 13.0. The van der Waals surface area contributed by atoms with E-state index in [4.69, 9.17) is 4.74 Å². The number of rotatable bonds is 11. The van der Waals surface area contributed by atoms with Crippen molar-refractivity contribution < 1.29 is 9.53 Å². The van der Waals surface area contributed by atoms with Gasteiger partial charge in [0.15, 0.2) is 0 Å². The number of benzene rings is 2. The van der Waals surface area contributed by atoms with Gasteiger partial charge in [-0.05, 0) is 116 Å². The maximum atomic E-state index is 13.0. The topological polar surface area (TPSA) is 70.6 Å². The number of carbonyl (C=O) groups excluding carboxylic acids is 1. The summed E-state index contributed by atoms with van der Waals surface area (Å²) in [6.07, 6.45) is 10.5. The Kier molecular flexibility index (Phi) is 10.1. The second-order valence-electron chi connectivity index (χ2n) is 11.6. The van der Waals surface area contributed by atoms with Gasteiger partial charge in [0.25, 0.3) is 5.91 Å². The molecule has 5 rings (SSSR count). The summed E-state index contributed by atoms with van der Waals surface area (Å²) in [6, 6.07) is 21.3. The summed E-state index contributed by atoms with van der Waals surface area (Å²) >= 11 is 0. The van der Waals surface area contributed by atoms with Crippen LogP contribution in [-0.2, 0) is 6.54 Å². The number of aromatic nitrogens is 2. The Balaban J connectivity index is 1.14. The lowest BCUT2D eigenvalue weighted by atomic mass is 9.98. The zero-order valence-electron chi connectivity index (χ0n) is 25.8. The molecule has 0 spiro atoms. The van der Waals surface area contributed by atoms with Crippen molar-refractivity contribution in [2.45, 2.75) is 58.7 Å². The Bertz CT molecular complexity index is 1480. The minimum Gasteiger partial charge on any atom is -0.497 e. The number of aryl methyl sites for hydroxylation is 2. The van der Waals surface area contributed by atoms with Crippen molar-refractivity contribution in [2.75, 3.05) is 31.6 Å². The number of likely N-dealkylation sites (tertiary alicyclic amines) is 1. The van der Waals surface area contributed by atoms with Crippen molar-refractivity contribution in [3.8, 4) is 16.9 Å². The van der Waals surface area contributed by atoms with Crippen LogP contribution in [0.2, 0.25) is 0 Å². The van der Waals surface area contributed by atoms with Gasteiger partial charge in [-0.2, -0.15) is 0 Å². The maximum Gasteiger partial charge on any atom is 0.251 e. The molecule has 1 aliphatic rings. The number of nitrogens with zero attached hydrogens (tertiary/aromatic N) is 4. The van der Waals surface area contributed by atoms with Gasteiger partial charge in [0, 0.05) is 74.3 Å². The molecule has 1 N–H and O–H groups in total. The highest BCUT2D eigenvalue weighted by molar-refractivity contribution is 5.96. The second kappa shape index (κ2) is 14.3. The van der Waals surface area contributed by atoms with Crippen molar-refractivity contribution in [2.24, 2.45) is 0 Å². The van der Waals surface area contributed by atoms with E-state index in [9.17, 15) is 4.79 Å². The van der Waals surface area contributed by atoms with Crippen LogP contribution in [0, 0.1) is 13.8 Å². The first kappa shape index (κ1) is 30.2. The molecule has 0 aliphatic carbocycles. The van der Waals surface area contributed by atoms with Crippen molar-refractivity contribution in [1.82, 2.24) is 20.2 Å². The van der Waals surface area contributed by atoms with E-state index in [2.05, 4.69) is 63.2 Å². The molecule has 4 aromatic rings. The number of hydrogen-bond acceptors (Lipinski definition) is 6. The van der Waals surface area contributed by atoms with Gasteiger partial charge in [-0.25, -0.2) is 0 Å². The molecule has 1 amide bonds. The number of methoxy groups -OCH3 is 1. The van der Waals surface area contributed by atoms with Gasteiger partial charge in [0.05, 0.1) is 7.11 Å². The fourth-order valence-corrected chi connectivity index (χ4v) is 6.00. The van der Waals surface area contributed by atoms with E-state index < -0.39 is 0 Å². The first-order valence-electron chi connectivity index (χ1n) is 15.3. The second-order valence-corrected chi connectivity index (χ2v) is 11.6. The third-order valence-electron chi connectivity index (χ3n) is 8.79. The molecule has 7 heteroatoms. The first-order valence-corrected chi connectivity index (χ1v) is 15.3. The Morgan fingerprint density at radius 1 is 0.953 bits per heavy atom. The van der Waals surface area contributed by atoms with Gasteiger partial charge in [-0.3, -0.25) is 14.8 Å². The molecule has 1 fully saturated rings. The van der Waals surface area contributed by atoms with E-state index in [0.717, 1.165) is 66.9 Å². The van der Waals surface area contributed by atoms with E-state index in [1.54, 1.807) is 19.5 Å². The quantitative estimate of drug-likeness (QED) is 0.221. The molecule has 224 valence electrons. The number of ether oxygens (including phenoxy) is 1. The number of carbonyl (C=O) groups is 1. The fraction of sp³-hybridized carbons (Fsp3) is 0.361. The zero-order valence-corrected chi connectivity index (χ0v) is 25.8. The monoisotopic (exact) mass is 577 g/mol.